The third kappa shape index (κ3) is 3.15. The van der Waals surface area contributed by atoms with Crippen molar-refractivity contribution in [3.05, 3.63) is 64.6 Å². The van der Waals surface area contributed by atoms with Gasteiger partial charge in [-0.05, 0) is 18.2 Å². The van der Waals surface area contributed by atoms with E-state index in [1.807, 2.05) is 30.3 Å². The van der Waals surface area contributed by atoms with Crippen molar-refractivity contribution in [2.75, 3.05) is 5.73 Å². The van der Waals surface area contributed by atoms with Crippen LogP contribution in [0.3, 0.4) is 0 Å². The molecule has 0 spiro atoms. The summed E-state index contributed by atoms with van der Waals surface area (Å²) in [6.07, 6.45) is 0. The lowest BCUT2D eigenvalue weighted by Crippen LogP contribution is -1.98. The Morgan fingerprint density at radius 2 is 1.43 bits per heavy atom. The molecule has 21 heavy (non-hydrogen) atoms. The molecule has 0 saturated heterocycles. The maximum absolute atomic E-state index is 6.03. The van der Waals surface area contributed by atoms with Gasteiger partial charge in [0, 0.05) is 27.2 Å². The van der Waals surface area contributed by atoms with Gasteiger partial charge in [-0.25, -0.2) is 9.97 Å². The lowest BCUT2D eigenvalue weighted by molar-refractivity contribution is 1.19. The number of halogens is 2. The lowest BCUT2D eigenvalue weighted by Gasteiger charge is -2.07. The summed E-state index contributed by atoms with van der Waals surface area (Å²) in [7, 11) is 0. The van der Waals surface area contributed by atoms with Crippen molar-refractivity contribution in [3.8, 4) is 22.6 Å². The Morgan fingerprint density at radius 1 is 0.762 bits per heavy atom. The number of nitrogens with zero attached hydrogens (tertiary/aromatic N) is 2. The first kappa shape index (κ1) is 13.9. The van der Waals surface area contributed by atoms with E-state index in [0.717, 1.165) is 16.8 Å². The molecule has 1 aromatic heterocycles. The molecule has 0 fully saturated rings. The molecule has 2 N–H and O–H groups in total. The van der Waals surface area contributed by atoms with Crippen LogP contribution in [0.1, 0.15) is 0 Å². The van der Waals surface area contributed by atoms with Crippen LogP contribution in [0.15, 0.2) is 54.6 Å². The Kier molecular flexibility index (Phi) is 3.78. The zero-order chi connectivity index (χ0) is 14.8. The van der Waals surface area contributed by atoms with Crippen LogP contribution < -0.4 is 5.73 Å². The summed E-state index contributed by atoms with van der Waals surface area (Å²) in [5.41, 5.74) is 8.36. The molecule has 0 radical (unpaired) electrons. The minimum Gasteiger partial charge on any atom is -0.384 e. The van der Waals surface area contributed by atoms with E-state index >= 15 is 0 Å². The first-order chi connectivity index (χ1) is 10.1. The Balaban J connectivity index is 2.14. The molecule has 104 valence electrons. The second-order valence-electron chi connectivity index (χ2n) is 4.53. The van der Waals surface area contributed by atoms with Gasteiger partial charge < -0.3 is 5.73 Å². The Hall–Kier alpha value is -2.10. The standard InChI is InChI=1S/C16H11Cl2N3/c17-12-6-11(7-13(18)8-12)16-20-14(9-15(19)21-16)10-4-2-1-3-5-10/h1-9H,(H2,19,20,21). The van der Waals surface area contributed by atoms with Crippen LogP contribution in [-0.2, 0) is 0 Å². The summed E-state index contributed by atoms with van der Waals surface area (Å²) in [6.45, 7) is 0. The van der Waals surface area contributed by atoms with Crippen LogP contribution in [0, 0.1) is 0 Å². The van der Waals surface area contributed by atoms with Gasteiger partial charge in [0.15, 0.2) is 5.82 Å². The summed E-state index contributed by atoms with van der Waals surface area (Å²) in [6, 6.07) is 16.7. The number of hydrogen-bond donors (Lipinski definition) is 1. The summed E-state index contributed by atoms with van der Waals surface area (Å²) < 4.78 is 0. The number of rotatable bonds is 2. The van der Waals surface area contributed by atoms with Gasteiger partial charge in [0.25, 0.3) is 0 Å². The van der Waals surface area contributed by atoms with Crippen LogP contribution in [0.4, 0.5) is 5.82 Å². The Bertz CT molecular complexity index is 769. The normalized spacial score (nSPS) is 10.6. The van der Waals surface area contributed by atoms with Gasteiger partial charge in [-0.2, -0.15) is 0 Å². The van der Waals surface area contributed by atoms with Crippen molar-refractivity contribution >= 4 is 29.0 Å². The number of hydrogen-bond acceptors (Lipinski definition) is 3. The van der Waals surface area contributed by atoms with E-state index in [0.29, 0.717) is 21.7 Å². The van der Waals surface area contributed by atoms with Gasteiger partial charge in [-0.1, -0.05) is 53.5 Å². The van der Waals surface area contributed by atoms with E-state index < -0.39 is 0 Å². The third-order valence-corrected chi connectivity index (χ3v) is 3.37. The van der Waals surface area contributed by atoms with Gasteiger partial charge in [-0.15, -0.1) is 0 Å². The molecular formula is C16H11Cl2N3. The van der Waals surface area contributed by atoms with Crippen LogP contribution in [0.2, 0.25) is 10.0 Å². The molecule has 1 heterocycles. The first-order valence-electron chi connectivity index (χ1n) is 6.28. The summed E-state index contributed by atoms with van der Waals surface area (Å²) >= 11 is 12.1. The number of nitrogen functional groups attached to an aromatic ring is 1. The van der Waals surface area contributed by atoms with Crippen LogP contribution in [0.5, 0.6) is 0 Å². The third-order valence-electron chi connectivity index (χ3n) is 2.94. The highest BCUT2D eigenvalue weighted by Gasteiger charge is 2.08. The SMILES string of the molecule is Nc1cc(-c2ccccc2)nc(-c2cc(Cl)cc(Cl)c2)n1. The number of nitrogens with two attached hydrogens (primary N) is 1. The molecular weight excluding hydrogens is 305 g/mol. The van der Waals surface area contributed by atoms with E-state index in [1.54, 1.807) is 24.3 Å². The fourth-order valence-electron chi connectivity index (χ4n) is 2.03. The second-order valence-corrected chi connectivity index (χ2v) is 5.40. The van der Waals surface area contributed by atoms with E-state index in [2.05, 4.69) is 9.97 Å². The van der Waals surface area contributed by atoms with Gasteiger partial charge in [0.05, 0.1) is 5.69 Å². The first-order valence-corrected chi connectivity index (χ1v) is 7.04. The van der Waals surface area contributed by atoms with Crippen LogP contribution >= 0.6 is 23.2 Å². The van der Waals surface area contributed by atoms with Crippen LogP contribution in [0.25, 0.3) is 22.6 Å². The molecule has 0 atom stereocenters. The summed E-state index contributed by atoms with van der Waals surface area (Å²) in [4.78, 5) is 8.81. The van der Waals surface area contributed by atoms with Gasteiger partial charge in [-0.3, -0.25) is 0 Å². The van der Waals surface area contributed by atoms with Crippen molar-refractivity contribution in [2.45, 2.75) is 0 Å². The quantitative estimate of drug-likeness (QED) is 0.745. The summed E-state index contributed by atoms with van der Waals surface area (Å²) in [5, 5.41) is 1.06. The zero-order valence-electron chi connectivity index (χ0n) is 10.9. The number of benzene rings is 2. The van der Waals surface area contributed by atoms with Crippen molar-refractivity contribution in [1.29, 1.82) is 0 Å². The average molecular weight is 316 g/mol. The van der Waals surface area contributed by atoms with Crippen molar-refractivity contribution in [2.24, 2.45) is 0 Å². The predicted molar refractivity (Wildman–Crippen MR) is 87.3 cm³/mol. The summed E-state index contributed by atoms with van der Waals surface area (Å²) in [5.74, 6) is 0.896. The molecule has 3 aromatic rings. The lowest BCUT2D eigenvalue weighted by atomic mass is 10.1. The van der Waals surface area contributed by atoms with E-state index in [9.17, 15) is 0 Å². The molecule has 0 aliphatic rings. The van der Waals surface area contributed by atoms with Gasteiger partial charge in [0.2, 0.25) is 0 Å². The highest BCUT2D eigenvalue weighted by Crippen LogP contribution is 2.27. The molecule has 0 saturated carbocycles. The van der Waals surface area contributed by atoms with E-state index in [-0.39, 0.29) is 0 Å². The molecule has 0 unspecified atom stereocenters. The minimum atomic E-state index is 0.398. The fraction of sp³-hybridized carbons (Fsp3) is 0. The Morgan fingerprint density at radius 3 is 2.10 bits per heavy atom. The number of anilines is 1. The molecule has 3 rings (SSSR count). The van der Waals surface area contributed by atoms with Crippen LogP contribution in [-0.4, -0.2) is 9.97 Å². The number of aromatic nitrogens is 2. The maximum atomic E-state index is 6.03. The molecule has 0 aliphatic heterocycles. The minimum absolute atomic E-state index is 0.398. The second kappa shape index (κ2) is 5.72. The molecule has 5 heteroatoms. The molecule has 0 aliphatic carbocycles. The molecule has 0 amide bonds. The highest BCUT2D eigenvalue weighted by molar-refractivity contribution is 6.35. The average Bonchev–Trinajstić information content (AvgIpc) is 2.46. The van der Waals surface area contributed by atoms with Crippen molar-refractivity contribution < 1.29 is 0 Å². The van der Waals surface area contributed by atoms with Gasteiger partial charge in [0.1, 0.15) is 5.82 Å². The topological polar surface area (TPSA) is 51.8 Å². The van der Waals surface area contributed by atoms with Gasteiger partial charge >= 0.3 is 0 Å². The van der Waals surface area contributed by atoms with E-state index in [1.165, 1.54) is 0 Å². The zero-order valence-corrected chi connectivity index (χ0v) is 12.4. The predicted octanol–water partition coefficient (Wildman–Crippen LogP) is 4.70. The fourth-order valence-corrected chi connectivity index (χ4v) is 2.56. The maximum Gasteiger partial charge on any atom is 0.162 e. The molecule has 0 bridgehead atoms. The highest BCUT2D eigenvalue weighted by atomic mass is 35.5. The Labute approximate surface area is 132 Å². The monoisotopic (exact) mass is 315 g/mol. The van der Waals surface area contributed by atoms with Crippen molar-refractivity contribution in [1.82, 2.24) is 9.97 Å². The largest absolute Gasteiger partial charge is 0.384 e. The smallest absolute Gasteiger partial charge is 0.162 e. The van der Waals surface area contributed by atoms with E-state index in [4.69, 9.17) is 28.9 Å². The molecule has 2 aromatic carbocycles. The molecule has 3 nitrogen and oxygen atoms in total. The van der Waals surface area contributed by atoms with Crippen molar-refractivity contribution in [3.63, 3.8) is 0 Å².